The maximum Gasteiger partial charge on any atom is 0.289 e. The molecule has 0 saturated carbocycles. The second-order valence-electron chi connectivity index (χ2n) is 12.1. The summed E-state index contributed by atoms with van der Waals surface area (Å²) >= 11 is 6.23. The Morgan fingerprint density at radius 1 is 1.09 bits per heavy atom. The quantitative estimate of drug-likeness (QED) is 0.402. The molecule has 3 aliphatic rings. The van der Waals surface area contributed by atoms with Crippen molar-refractivity contribution in [3.05, 3.63) is 77.0 Å². The zero-order chi connectivity index (χ0) is 30.7. The Balaban J connectivity index is 1.25. The lowest BCUT2D eigenvalue weighted by atomic mass is 9.75. The first-order valence-electron chi connectivity index (χ1n) is 15.3. The molecule has 2 fully saturated rings. The van der Waals surface area contributed by atoms with Gasteiger partial charge in [-0.05, 0) is 49.8 Å². The Hall–Kier alpha value is -3.82. The van der Waals surface area contributed by atoms with E-state index in [2.05, 4.69) is 22.8 Å². The molecular weight excluding hydrogens is 582 g/mol. The van der Waals surface area contributed by atoms with Gasteiger partial charge in [-0.1, -0.05) is 54.1 Å². The smallest absolute Gasteiger partial charge is 0.289 e. The van der Waals surface area contributed by atoms with Crippen LogP contribution in [-0.2, 0) is 20.7 Å². The first-order chi connectivity index (χ1) is 21.3. The topological polar surface area (TPSA) is 110 Å². The number of methoxy groups -OCH3 is 1. The van der Waals surface area contributed by atoms with Crippen LogP contribution in [0.25, 0.3) is 11.0 Å². The van der Waals surface area contributed by atoms with Gasteiger partial charge in [0.1, 0.15) is 6.04 Å². The SMILES string of the molecule is COc1cc(Cl)cc2cc(C(=O)N3CC[C@@H]4NC(=O)[C@@H](Cc5ccccc5)NC(=O)C5(C/C=C/C[C@@H]4C3)CCOCC5)oc12. The lowest BCUT2D eigenvalue weighted by molar-refractivity contribution is -0.140. The van der Waals surface area contributed by atoms with Crippen molar-refractivity contribution in [3.63, 3.8) is 0 Å². The lowest BCUT2D eigenvalue weighted by Crippen LogP contribution is -2.58. The molecule has 2 aromatic carbocycles. The van der Waals surface area contributed by atoms with E-state index in [0.717, 1.165) is 5.56 Å². The number of rotatable bonds is 4. The number of hydrogen-bond acceptors (Lipinski definition) is 6. The molecule has 1 spiro atoms. The van der Waals surface area contributed by atoms with E-state index in [-0.39, 0.29) is 35.4 Å². The van der Waals surface area contributed by atoms with E-state index in [4.69, 9.17) is 25.5 Å². The summed E-state index contributed by atoms with van der Waals surface area (Å²) in [6.07, 6.45) is 7.60. The number of ether oxygens (including phenoxy) is 2. The average Bonchev–Trinajstić information content (AvgIpc) is 3.47. The molecule has 6 rings (SSSR count). The maximum atomic E-state index is 13.8. The molecule has 3 atom stereocenters. The zero-order valence-electron chi connectivity index (χ0n) is 24.9. The van der Waals surface area contributed by atoms with Gasteiger partial charge in [0, 0.05) is 61.2 Å². The summed E-state index contributed by atoms with van der Waals surface area (Å²) in [6, 6.07) is 14.0. The van der Waals surface area contributed by atoms with Gasteiger partial charge in [-0.25, -0.2) is 0 Å². The molecule has 232 valence electrons. The number of nitrogens with zero attached hydrogens (tertiary/aromatic N) is 1. The minimum atomic E-state index is -0.717. The van der Waals surface area contributed by atoms with Gasteiger partial charge >= 0.3 is 0 Å². The van der Waals surface area contributed by atoms with E-state index >= 15 is 0 Å². The molecule has 2 saturated heterocycles. The Kier molecular flexibility index (Phi) is 8.96. The van der Waals surface area contributed by atoms with Crippen molar-refractivity contribution in [1.82, 2.24) is 15.5 Å². The van der Waals surface area contributed by atoms with Crippen LogP contribution in [0.15, 0.2) is 65.1 Å². The van der Waals surface area contributed by atoms with Gasteiger partial charge in [0.2, 0.25) is 11.8 Å². The highest BCUT2D eigenvalue weighted by Gasteiger charge is 2.42. The number of amides is 3. The summed E-state index contributed by atoms with van der Waals surface area (Å²) in [5.41, 5.74) is 0.828. The predicted octanol–water partition coefficient (Wildman–Crippen LogP) is 4.92. The van der Waals surface area contributed by atoms with Gasteiger partial charge in [0.05, 0.1) is 12.5 Å². The van der Waals surface area contributed by atoms with Crippen molar-refractivity contribution in [1.29, 1.82) is 0 Å². The van der Waals surface area contributed by atoms with Gasteiger partial charge < -0.3 is 29.4 Å². The number of piperidine rings is 1. The number of halogens is 1. The molecule has 4 heterocycles. The number of furan rings is 1. The van der Waals surface area contributed by atoms with Gasteiger partial charge in [-0.2, -0.15) is 0 Å². The molecule has 0 radical (unpaired) electrons. The van der Waals surface area contributed by atoms with Crippen LogP contribution in [0.3, 0.4) is 0 Å². The second kappa shape index (κ2) is 13.0. The molecule has 9 nitrogen and oxygen atoms in total. The third-order valence-corrected chi connectivity index (χ3v) is 9.49. The van der Waals surface area contributed by atoms with Gasteiger partial charge in [-0.3, -0.25) is 14.4 Å². The van der Waals surface area contributed by atoms with Crippen LogP contribution in [0.4, 0.5) is 0 Å². The fourth-order valence-electron chi connectivity index (χ4n) is 6.66. The highest BCUT2D eigenvalue weighted by Crippen LogP contribution is 2.36. The summed E-state index contributed by atoms with van der Waals surface area (Å²) < 4.78 is 17.0. The zero-order valence-corrected chi connectivity index (χ0v) is 25.6. The number of nitrogens with one attached hydrogen (secondary N) is 2. The monoisotopic (exact) mass is 619 g/mol. The lowest BCUT2D eigenvalue weighted by Gasteiger charge is -2.40. The normalized spacial score (nSPS) is 24.9. The predicted molar refractivity (Wildman–Crippen MR) is 167 cm³/mol. The average molecular weight is 620 g/mol. The Labute approximate surface area is 261 Å². The van der Waals surface area contributed by atoms with Crippen LogP contribution in [0, 0.1) is 11.3 Å². The molecule has 3 amide bonds. The fourth-order valence-corrected chi connectivity index (χ4v) is 6.88. The maximum absolute atomic E-state index is 13.8. The molecule has 3 aromatic rings. The largest absolute Gasteiger partial charge is 0.493 e. The highest BCUT2D eigenvalue weighted by molar-refractivity contribution is 6.31. The second-order valence-corrected chi connectivity index (χ2v) is 12.5. The van der Waals surface area contributed by atoms with Crippen molar-refractivity contribution in [2.24, 2.45) is 11.3 Å². The molecule has 1 aromatic heterocycles. The molecule has 0 aliphatic carbocycles. The van der Waals surface area contributed by atoms with E-state index in [1.165, 1.54) is 7.11 Å². The van der Waals surface area contributed by atoms with Gasteiger partial charge in [-0.15, -0.1) is 0 Å². The van der Waals surface area contributed by atoms with E-state index in [0.29, 0.717) is 86.6 Å². The molecule has 0 bridgehead atoms. The Bertz CT molecular complexity index is 1550. The molecule has 3 aliphatic heterocycles. The minimum Gasteiger partial charge on any atom is -0.493 e. The number of fused-ring (bicyclic) bond motifs is 2. The van der Waals surface area contributed by atoms with Gasteiger partial charge in [0.15, 0.2) is 17.1 Å². The minimum absolute atomic E-state index is 0.0144. The fraction of sp³-hybridized carbons (Fsp3) is 0.441. The van der Waals surface area contributed by atoms with E-state index in [1.807, 2.05) is 30.3 Å². The highest BCUT2D eigenvalue weighted by atomic mass is 35.5. The number of carbonyl (C=O) groups excluding carboxylic acids is 3. The van der Waals surface area contributed by atoms with Crippen molar-refractivity contribution < 1.29 is 28.3 Å². The number of carbonyl (C=O) groups is 3. The molecule has 2 N–H and O–H groups in total. The van der Waals surface area contributed by atoms with Crippen LogP contribution in [0.2, 0.25) is 5.02 Å². The first-order valence-corrected chi connectivity index (χ1v) is 15.7. The number of hydrogen-bond donors (Lipinski definition) is 2. The van der Waals surface area contributed by atoms with E-state index < -0.39 is 11.5 Å². The molecule has 0 unspecified atom stereocenters. The van der Waals surface area contributed by atoms with Crippen molar-refractivity contribution >= 4 is 40.3 Å². The third-order valence-electron chi connectivity index (χ3n) is 9.28. The molecule has 44 heavy (non-hydrogen) atoms. The summed E-state index contributed by atoms with van der Waals surface area (Å²) in [5, 5.41) is 7.57. The summed E-state index contributed by atoms with van der Waals surface area (Å²) in [7, 11) is 1.53. The van der Waals surface area contributed by atoms with Crippen LogP contribution in [-0.4, -0.2) is 68.1 Å². The third kappa shape index (κ3) is 6.35. The number of likely N-dealkylation sites (tertiary alicyclic amines) is 1. The van der Waals surface area contributed by atoms with E-state index in [9.17, 15) is 14.4 Å². The number of benzene rings is 2. The molecule has 10 heteroatoms. The standard InChI is InChI=1S/C34H38ClN3O6/c1-42-28-20-25(35)18-24-19-29(44-30(24)28)32(40)38-14-10-26-23(21-38)9-5-6-11-34(12-15-43-16-13-34)33(41)37-27(31(39)36-26)17-22-7-3-2-4-8-22/h2-8,18-20,23,26-27H,9-17,21H2,1H3,(H,36,39)(H,37,41)/b6-5+/t23-,26+,27-/m1/s1. The Morgan fingerprint density at radius 2 is 1.89 bits per heavy atom. The van der Waals surface area contributed by atoms with Crippen molar-refractivity contribution in [2.75, 3.05) is 33.4 Å². The van der Waals surface area contributed by atoms with Crippen molar-refractivity contribution in [3.8, 4) is 5.75 Å². The molecular formula is C34H38ClN3O6. The Morgan fingerprint density at radius 3 is 2.66 bits per heavy atom. The first kappa shape index (κ1) is 30.2. The summed E-state index contributed by atoms with van der Waals surface area (Å²) in [5.74, 6) is 0.164. The number of allylic oxidation sites excluding steroid dienone is 2. The van der Waals surface area contributed by atoms with Gasteiger partial charge in [0.25, 0.3) is 5.91 Å². The van der Waals surface area contributed by atoms with Crippen LogP contribution in [0.1, 0.15) is 48.2 Å². The van der Waals surface area contributed by atoms with E-state index in [1.54, 1.807) is 23.1 Å². The van der Waals surface area contributed by atoms with Crippen molar-refractivity contribution in [2.45, 2.75) is 50.6 Å². The summed E-state index contributed by atoms with van der Waals surface area (Å²) in [4.78, 5) is 43.1. The van der Waals surface area contributed by atoms with Crippen LogP contribution < -0.4 is 15.4 Å². The van der Waals surface area contributed by atoms with Crippen LogP contribution >= 0.6 is 11.6 Å². The summed E-state index contributed by atoms with van der Waals surface area (Å²) in [6.45, 7) is 1.94. The van der Waals surface area contributed by atoms with Crippen LogP contribution in [0.5, 0.6) is 5.75 Å².